The minimum absolute atomic E-state index is 0.118. The Hall–Kier alpha value is -3.15. The van der Waals surface area contributed by atoms with E-state index in [2.05, 4.69) is 15.6 Å². The predicted octanol–water partition coefficient (Wildman–Crippen LogP) is 3.49. The standard InChI is InChI=1S/C21H24N4O2/c1-13-8-7-10-17(14(13)2)23-20(27)12-25-19-11-6-5-9-18(19)24-21(25)15(3)22-16(4)26/h5-11,15H,12H2,1-4H3,(H,22,26)(H,23,27). The molecule has 0 saturated carbocycles. The minimum Gasteiger partial charge on any atom is -0.347 e. The number of aromatic nitrogens is 2. The van der Waals surface area contributed by atoms with Gasteiger partial charge < -0.3 is 15.2 Å². The van der Waals surface area contributed by atoms with Crippen LogP contribution in [0.15, 0.2) is 42.5 Å². The lowest BCUT2D eigenvalue weighted by Crippen LogP contribution is -2.28. The maximum Gasteiger partial charge on any atom is 0.244 e. The molecule has 1 unspecified atom stereocenters. The van der Waals surface area contributed by atoms with Gasteiger partial charge in [-0.05, 0) is 50.1 Å². The zero-order valence-electron chi connectivity index (χ0n) is 16.0. The van der Waals surface area contributed by atoms with Gasteiger partial charge in [-0.15, -0.1) is 0 Å². The smallest absolute Gasteiger partial charge is 0.244 e. The first-order chi connectivity index (χ1) is 12.9. The van der Waals surface area contributed by atoms with E-state index in [1.165, 1.54) is 6.92 Å². The summed E-state index contributed by atoms with van der Waals surface area (Å²) >= 11 is 0. The van der Waals surface area contributed by atoms with Gasteiger partial charge in [0.25, 0.3) is 0 Å². The third kappa shape index (κ3) is 4.00. The number of fused-ring (bicyclic) bond motifs is 1. The van der Waals surface area contributed by atoms with Gasteiger partial charge in [0.2, 0.25) is 11.8 Å². The molecule has 0 fully saturated rings. The number of hydrogen-bond acceptors (Lipinski definition) is 3. The van der Waals surface area contributed by atoms with Crippen molar-refractivity contribution in [3.8, 4) is 0 Å². The van der Waals surface area contributed by atoms with Crippen molar-refractivity contribution >= 4 is 28.5 Å². The Balaban J connectivity index is 1.92. The molecule has 27 heavy (non-hydrogen) atoms. The highest BCUT2D eigenvalue weighted by atomic mass is 16.2. The molecule has 3 aromatic rings. The van der Waals surface area contributed by atoms with Crippen molar-refractivity contribution in [1.82, 2.24) is 14.9 Å². The second kappa shape index (κ2) is 7.61. The van der Waals surface area contributed by atoms with E-state index < -0.39 is 0 Å². The van der Waals surface area contributed by atoms with Crippen LogP contribution in [-0.4, -0.2) is 21.4 Å². The molecule has 6 nitrogen and oxygen atoms in total. The molecule has 0 aliphatic carbocycles. The molecule has 1 aromatic heterocycles. The van der Waals surface area contributed by atoms with Crippen LogP contribution in [0.4, 0.5) is 5.69 Å². The molecule has 2 N–H and O–H groups in total. The van der Waals surface area contributed by atoms with Gasteiger partial charge in [0.05, 0.1) is 17.1 Å². The van der Waals surface area contributed by atoms with Crippen molar-refractivity contribution in [2.24, 2.45) is 0 Å². The van der Waals surface area contributed by atoms with Gasteiger partial charge in [0.1, 0.15) is 12.4 Å². The zero-order chi connectivity index (χ0) is 19.6. The van der Waals surface area contributed by atoms with Crippen LogP contribution in [-0.2, 0) is 16.1 Å². The Morgan fingerprint density at radius 1 is 1.11 bits per heavy atom. The number of hydrogen-bond donors (Lipinski definition) is 2. The summed E-state index contributed by atoms with van der Waals surface area (Å²) in [5, 5.41) is 5.83. The fourth-order valence-electron chi connectivity index (χ4n) is 3.18. The van der Waals surface area contributed by atoms with E-state index in [1.54, 1.807) is 0 Å². The quantitative estimate of drug-likeness (QED) is 0.728. The second-order valence-corrected chi connectivity index (χ2v) is 6.76. The SMILES string of the molecule is CC(=O)NC(C)c1nc2ccccc2n1CC(=O)Nc1cccc(C)c1C. The number of rotatable bonds is 5. The fraction of sp³-hybridized carbons (Fsp3) is 0.286. The fourth-order valence-corrected chi connectivity index (χ4v) is 3.18. The highest BCUT2D eigenvalue weighted by molar-refractivity contribution is 5.92. The average Bonchev–Trinajstić information content (AvgIpc) is 2.97. The monoisotopic (exact) mass is 364 g/mol. The average molecular weight is 364 g/mol. The van der Waals surface area contributed by atoms with Crippen LogP contribution in [0.2, 0.25) is 0 Å². The highest BCUT2D eigenvalue weighted by Gasteiger charge is 2.19. The zero-order valence-corrected chi connectivity index (χ0v) is 16.0. The van der Waals surface area contributed by atoms with Gasteiger partial charge >= 0.3 is 0 Å². The molecule has 0 saturated heterocycles. The van der Waals surface area contributed by atoms with Crippen molar-refractivity contribution in [1.29, 1.82) is 0 Å². The van der Waals surface area contributed by atoms with Gasteiger partial charge in [-0.25, -0.2) is 4.98 Å². The van der Waals surface area contributed by atoms with E-state index >= 15 is 0 Å². The second-order valence-electron chi connectivity index (χ2n) is 6.76. The number of anilines is 1. The maximum absolute atomic E-state index is 12.7. The van der Waals surface area contributed by atoms with Gasteiger partial charge in [-0.2, -0.15) is 0 Å². The molecule has 0 aliphatic heterocycles. The number of nitrogens with zero attached hydrogens (tertiary/aromatic N) is 2. The van der Waals surface area contributed by atoms with Crippen LogP contribution in [0, 0.1) is 13.8 Å². The van der Waals surface area contributed by atoms with E-state index in [0.29, 0.717) is 5.82 Å². The van der Waals surface area contributed by atoms with Crippen molar-refractivity contribution < 1.29 is 9.59 Å². The summed E-state index contributed by atoms with van der Waals surface area (Å²) in [5.74, 6) is 0.381. The third-order valence-corrected chi connectivity index (χ3v) is 4.67. The van der Waals surface area contributed by atoms with E-state index in [4.69, 9.17) is 0 Å². The van der Waals surface area contributed by atoms with Gasteiger partial charge in [0, 0.05) is 12.6 Å². The summed E-state index contributed by atoms with van der Waals surface area (Å²) in [5.41, 5.74) is 4.64. The van der Waals surface area contributed by atoms with E-state index in [-0.39, 0.29) is 24.4 Å². The molecule has 1 atom stereocenters. The number of benzene rings is 2. The Kier molecular flexibility index (Phi) is 5.26. The van der Waals surface area contributed by atoms with Gasteiger partial charge in [-0.3, -0.25) is 9.59 Å². The van der Waals surface area contributed by atoms with Crippen molar-refractivity contribution in [2.45, 2.75) is 40.3 Å². The molecule has 0 bridgehead atoms. The molecular weight excluding hydrogens is 340 g/mol. The summed E-state index contributed by atoms with van der Waals surface area (Å²) in [6.45, 7) is 7.45. The molecule has 0 aliphatic rings. The number of carbonyl (C=O) groups is 2. The molecule has 0 spiro atoms. The Bertz CT molecular complexity index is 1010. The van der Waals surface area contributed by atoms with Crippen LogP contribution < -0.4 is 10.6 Å². The summed E-state index contributed by atoms with van der Waals surface area (Å²) < 4.78 is 1.86. The van der Waals surface area contributed by atoms with E-state index in [9.17, 15) is 9.59 Å². The Morgan fingerprint density at radius 2 is 1.85 bits per heavy atom. The molecule has 2 amide bonds. The summed E-state index contributed by atoms with van der Waals surface area (Å²) in [4.78, 5) is 28.8. The number of imidazole rings is 1. The van der Waals surface area contributed by atoms with Crippen molar-refractivity contribution in [3.05, 3.63) is 59.4 Å². The molecule has 2 aromatic carbocycles. The summed E-state index contributed by atoms with van der Waals surface area (Å²) in [6.07, 6.45) is 0. The first kappa shape index (κ1) is 18.6. The Morgan fingerprint density at radius 3 is 2.59 bits per heavy atom. The molecule has 0 radical (unpaired) electrons. The van der Waals surface area contributed by atoms with Gasteiger partial charge in [0.15, 0.2) is 0 Å². The largest absolute Gasteiger partial charge is 0.347 e. The molecule has 6 heteroatoms. The highest BCUT2D eigenvalue weighted by Crippen LogP contribution is 2.22. The number of amides is 2. The van der Waals surface area contributed by atoms with Crippen LogP contribution in [0.3, 0.4) is 0 Å². The summed E-state index contributed by atoms with van der Waals surface area (Å²) in [6, 6.07) is 13.2. The maximum atomic E-state index is 12.7. The first-order valence-corrected chi connectivity index (χ1v) is 8.95. The molecular formula is C21H24N4O2. The molecule has 1 heterocycles. The van der Waals surface area contributed by atoms with E-state index in [0.717, 1.165) is 27.8 Å². The predicted molar refractivity (Wildman–Crippen MR) is 107 cm³/mol. The third-order valence-electron chi connectivity index (χ3n) is 4.67. The number of para-hydroxylation sites is 2. The van der Waals surface area contributed by atoms with Crippen LogP contribution >= 0.6 is 0 Å². The number of aryl methyl sites for hydroxylation is 1. The van der Waals surface area contributed by atoms with Crippen molar-refractivity contribution in [3.63, 3.8) is 0 Å². The first-order valence-electron chi connectivity index (χ1n) is 8.95. The topological polar surface area (TPSA) is 76.0 Å². The van der Waals surface area contributed by atoms with Crippen LogP contribution in [0.25, 0.3) is 11.0 Å². The normalized spacial score (nSPS) is 12.0. The molecule has 140 valence electrons. The number of nitrogens with one attached hydrogen (secondary N) is 2. The van der Waals surface area contributed by atoms with Crippen LogP contribution in [0.5, 0.6) is 0 Å². The number of carbonyl (C=O) groups excluding carboxylic acids is 2. The molecule has 3 rings (SSSR count). The lowest BCUT2D eigenvalue weighted by Gasteiger charge is -2.16. The van der Waals surface area contributed by atoms with Crippen molar-refractivity contribution in [2.75, 3.05) is 5.32 Å². The lowest BCUT2D eigenvalue weighted by atomic mass is 10.1. The Labute approximate surface area is 158 Å². The van der Waals surface area contributed by atoms with Crippen LogP contribution in [0.1, 0.15) is 36.8 Å². The summed E-state index contributed by atoms with van der Waals surface area (Å²) in [7, 11) is 0. The van der Waals surface area contributed by atoms with Gasteiger partial charge in [-0.1, -0.05) is 24.3 Å². The lowest BCUT2D eigenvalue weighted by molar-refractivity contribution is -0.119. The minimum atomic E-state index is -0.302. The van der Waals surface area contributed by atoms with E-state index in [1.807, 2.05) is 67.8 Å².